The first-order chi connectivity index (χ1) is 7.33. The molecule has 0 amide bonds. The molecule has 0 aromatic heterocycles. The minimum Gasteiger partial charge on any atom is -0.396 e. The molecule has 0 aromatic carbocycles. The maximum atomic E-state index is 9.49. The molecule has 0 aliphatic heterocycles. The summed E-state index contributed by atoms with van der Waals surface area (Å²) in [5, 5.41) is 9.49. The van der Waals surface area contributed by atoms with Gasteiger partial charge >= 0.3 is 0 Å². The Labute approximate surface area is 94.0 Å². The van der Waals surface area contributed by atoms with Crippen LogP contribution in [0.4, 0.5) is 0 Å². The van der Waals surface area contributed by atoms with Crippen molar-refractivity contribution < 1.29 is 9.84 Å². The monoisotopic (exact) mass is 214 g/mol. The summed E-state index contributed by atoms with van der Waals surface area (Å²) in [5.41, 5.74) is 0.199. The van der Waals surface area contributed by atoms with Crippen molar-refractivity contribution in [3.05, 3.63) is 0 Å². The van der Waals surface area contributed by atoms with Crippen molar-refractivity contribution in [1.29, 1.82) is 0 Å². The predicted molar refractivity (Wildman–Crippen MR) is 62.9 cm³/mol. The van der Waals surface area contributed by atoms with Crippen LogP contribution in [0.5, 0.6) is 0 Å². The van der Waals surface area contributed by atoms with Gasteiger partial charge in [-0.05, 0) is 31.1 Å². The second-order valence-electron chi connectivity index (χ2n) is 4.93. The summed E-state index contributed by atoms with van der Waals surface area (Å²) in [5.74, 6) is 0. The van der Waals surface area contributed by atoms with Crippen LogP contribution in [0.25, 0.3) is 0 Å². The summed E-state index contributed by atoms with van der Waals surface area (Å²) in [6.07, 6.45) is 9.72. The maximum absolute atomic E-state index is 9.49. The molecule has 1 N–H and O–H groups in total. The molecule has 90 valence electrons. The lowest BCUT2D eigenvalue weighted by Gasteiger charge is -2.35. The lowest BCUT2D eigenvalue weighted by Crippen LogP contribution is -2.29. The number of aliphatic hydroxyl groups excluding tert-OH is 1. The lowest BCUT2D eigenvalue weighted by atomic mass is 9.73. The van der Waals surface area contributed by atoms with Gasteiger partial charge in [0.15, 0.2) is 0 Å². The Morgan fingerprint density at radius 3 is 2.47 bits per heavy atom. The molecule has 1 saturated carbocycles. The Kier molecular flexibility index (Phi) is 6.26. The summed E-state index contributed by atoms with van der Waals surface area (Å²) in [4.78, 5) is 0. The zero-order chi connectivity index (χ0) is 11.0. The van der Waals surface area contributed by atoms with Crippen LogP contribution in [0.1, 0.15) is 58.3 Å². The van der Waals surface area contributed by atoms with E-state index in [2.05, 4.69) is 6.92 Å². The van der Waals surface area contributed by atoms with E-state index in [0.29, 0.717) is 6.61 Å². The van der Waals surface area contributed by atoms with E-state index in [1.807, 2.05) is 0 Å². The zero-order valence-electron chi connectivity index (χ0n) is 10.1. The number of hydrogen-bond acceptors (Lipinski definition) is 2. The van der Waals surface area contributed by atoms with E-state index in [-0.39, 0.29) is 5.41 Å². The van der Waals surface area contributed by atoms with Crippen LogP contribution < -0.4 is 0 Å². The van der Waals surface area contributed by atoms with Gasteiger partial charge in [0.05, 0.1) is 0 Å². The highest BCUT2D eigenvalue weighted by molar-refractivity contribution is 4.81. The highest BCUT2D eigenvalue weighted by Gasteiger charge is 2.30. The molecule has 1 aliphatic rings. The largest absolute Gasteiger partial charge is 0.396 e. The fraction of sp³-hybridized carbons (Fsp3) is 1.00. The molecule has 0 aromatic rings. The van der Waals surface area contributed by atoms with Crippen LogP contribution in [0.3, 0.4) is 0 Å². The van der Waals surface area contributed by atoms with Crippen molar-refractivity contribution in [2.75, 3.05) is 19.8 Å². The fourth-order valence-corrected chi connectivity index (χ4v) is 2.43. The normalized spacial score (nSPS) is 20.4. The molecule has 0 atom stereocenters. The fourth-order valence-electron chi connectivity index (χ4n) is 2.43. The molecule has 0 radical (unpaired) electrons. The van der Waals surface area contributed by atoms with Crippen LogP contribution in [-0.2, 0) is 4.74 Å². The van der Waals surface area contributed by atoms with Crippen LogP contribution in [0, 0.1) is 5.41 Å². The number of aliphatic hydroxyl groups is 1. The second-order valence-corrected chi connectivity index (χ2v) is 4.93. The summed E-state index contributed by atoms with van der Waals surface area (Å²) in [7, 11) is 0. The molecule has 1 fully saturated rings. The van der Waals surface area contributed by atoms with Gasteiger partial charge in [-0.3, -0.25) is 0 Å². The molecule has 2 nitrogen and oxygen atoms in total. The van der Waals surface area contributed by atoms with Crippen LogP contribution >= 0.6 is 0 Å². The zero-order valence-corrected chi connectivity index (χ0v) is 10.1. The first-order valence-electron chi connectivity index (χ1n) is 6.51. The first-order valence-corrected chi connectivity index (χ1v) is 6.51. The van der Waals surface area contributed by atoms with E-state index in [0.717, 1.165) is 26.1 Å². The third-order valence-corrected chi connectivity index (χ3v) is 3.67. The van der Waals surface area contributed by atoms with E-state index < -0.39 is 0 Å². The van der Waals surface area contributed by atoms with Gasteiger partial charge in [-0.25, -0.2) is 0 Å². The minimum atomic E-state index is 0.199. The van der Waals surface area contributed by atoms with Gasteiger partial charge in [0.25, 0.3) is 0 Å². The lowest BCUT2D eigenvalue weighted by molar-refractivity contribution is 0.0312. The highest BCUT2D eigenvalue weighted by atomic mass is 16.5. The quantitative estimate of drug-likeness (QED) is 0.660. The van der Waals surface area contributed by atoms with Gasteiger partial charge in [0, 0.05) is 19.8 Å². The molecular weight excluding hydrogens is 188 g/mol. The average molecular weight is 214 g/mol. The summed E-state index contributed by atoms with van der Waals surface area (Å²) < 4.78 is 5.59. The van der Waals surface area contributed by atoms with Crippen LogP contribution in [0.15, 0.2) is 0 Å². The van der Waals surface area contributed by atoms with Gasteiger partial charge < -0.3 is 9.84 Å². The number of rotatable bonds is 7. The van der Waals surface area contributed by atoms with Crippen molar-refractivity contribution in [1.82, 2.24) is 0 Å². The van der Waals surface area contributed by atoms with E-state index in [1.165, 1.54) is 38.5 Å². The Morgan fingerprint density at radius 2 is 1.87 bits per heavy atom. The van der Waals surface area contributed by atoms with E-state index in [9.17, 15) is 5.11 Å². The Hall–Kier alpha value is -0.0800. The number of hydrogen-bond donors (Lipinski definition) is 1. The molecule has 0 saturated heterocycles. The van der Waals surface area contributed by atoms with Gasteiger partial charge in [0.1, 0.15) is 0 Å². The molecule has 0 unspecified atom stereocenters. The molecule has 2 heteroatoms. The average Bonchev–Trinajstić information content (AvgIpc) is 2.30. The molecule has 0 heterocycles. The van der Waals surface area contributed by atoms with Gasteiger partial charge in [-0.15, -0.1) is 0 Å². The third-order valence-electron chi connectivity index (χ3n) is 3.67. The van der Waals surface area contributed by atoms with Gasteiger partial charge in [0.2, 0.25) is 0 Å². The van der Waals surface area contributed by atoms with Gasteiger partial charge in [-0.2, -0.15) is 0 Å². The number of ether oxygens (including phenoxy) is 1. The van der Waals surface area contributed by atoms with E-state index in [1.54, 1.807) is 0 Å². The van der Waals surface area contributed by atoms with E-state index in [4.69, 9.17) is 4.74 Å². The molecular formula is C13H26O2. The standard InChI is InChI=1S/C13H26O2/c1-2-3-10-15-11-9-13(12-14)7-5-4-6-8-13/h14H,2-12H2,1H3. The predicted octanol–water partition coefficient (Wildman–Crippen LogP) is 3.14. The van der Waals surface area contributed by atoms with Gasteiger partial charge in [-0.1, -0.05) is 32.6 Å². The topological polar surface area (TPSA) is 29.5 Å². The molecule has 1 rings (SSSR count). The smallest absolute Gasteiger partial charge is 0.0488 e. The van der Waals surface area contributed by atoms with Crippen molar-refractivity contribution in [3.8, 4) is 0 Å². The van der Waals surface area contributed by atoms with Crippen molar-refractivity contribution >= 4 is 0 Å². The van der Waals surface area contributed by atoms with Crippen molar-refractivity contribution in [3.63, 3.8) is 0 Å². The Bertz CT molecular complexity index is 151. The third kappa shape index (κ3) is 4.52. The molecule has 0 bridgehead atoms. The molecule has 15 heavy (non-hydrogen) atoms. The summed E-state index contributed by atoms with van der Waals surface area (Å²) in [6.45, 7) is 4.25. The Morgan fingerprint density at radius 1 is 1.13 bits per heavy atom. The van der Waals surface area contributed by atoms with Crippen molar-refractivity contribution in [2.45, 2.75) is 58.3 Å². The van der Waals surface area contributed by atoms with Crippen LogP contribution in [0.2, 0.25) is 0 Å². The van der Waals surface area contributed by atoms with Crippen LogP contribution in [-0.4, -0.2) is 24.9 Å². The number of unbranched alkanes of at least 4 members (excludes halogenated alkanes) is 1. The SMILES string of the molecule is CCCCOCCC1(CO)CCCCC1. The van der Waals surface area contributed by atoms with Crippen molar-refractivity contribution in [2.24, 2.45) is 5.41 Å². The minimum absolute atomic E-state index is 0.199. The first kappa shape index (κ1) is 13.0. The summed E-state index contributed by atoms with van der Waals surface area (Å²) in [6, 6.07) is 0. The Balaban J connectivity index is 2.15. The summed E-state index contributed by atoms with van der Waals surface area (Å²) >= 11 is 0. The second kappa shape index (κ2) is 7.24. The van der Waals surface area contributed by atoms with E-state index >= 15 is 0 Å². The molecule has 0 spiro atoms. The maximum Gasteiger partial charge on any atom is 0.0488 e. The highest BCUT2D eigenvalue weighted by Crippen LogP contribution is 2.38. The molecule has 1 aliphatic carbocycles.